The Labute approximate surface area is 114 Å². The molecule has 0 radical (unpaired) electrons. The van der Waals surface area contributed by atoms with Crippen molar-refractivity contribution in [1.82, 2.24) is 5.32 Å². The Morgan fingerprint density at radius 3 is 2.65 bits per heavy atom. The number of hydrogen-bond acceptors (Lipinski definition) is 1. The van der Waals surface area contributed by atoms with E-state index in [1.54, 1.807) is 0 Å². The van der Waals surface area contributed by atoms with Gasteiger partial charge in [0.1, 0.15) is 0 Å². The summed E-state index contributed by atoms with van der Waals surface area (Å²) in [6.07, 6.45) is 3.62. The molecule has 0 heterocycles. The average molecular weight is 272 g/mol. The Bertz CT molecular complexity index is 392. The van der Waals surface area contributed by atoms with Gasteiger partial charge < -0.3 is 5.32 Å². The van der Waals surface area contributed by atoms with Gasteiger partial charge in [-0.1, -0.05) is 36.2 Å². The topological polar surface area (TPSA) is 12.0 Å². The zero-order valence-electron chi connectivity index (χ0n) is 10.3. The number of halogens is 2. The van der Waals surface area contributed by atoms with Crippen molar-refractivity contribution in [3.05, 3.63) is 33.8 Å². The lowest BCUT2D eigenvalue weighted by Gasteiger charge is -2.20. The predicted octanol–water partition coefficient (Wildman–Crippen LogP) is 4.17. The second-order valence-electron chi connectivity index (χ2n) is 5.03. The molecule has 0 aromatic heterocycles. The second-order valence-corrected chi connectivity index (χ2v) is 5.88. The van der Waals surface area contributed by atoms with Gasteiger partial charge >= 0.3 is 0 Å². The molecule has 1 N–H and O–H groups in total. The van der Waals surface area contributed by atoms with E-state index < -0.39 is 0 Å². The smallest absolute Gasteiger partial charge is 0.0452 e. The average Bonchev–Trinajstić information content (AvgIpc) is 2.64. The van der Waals surface area contributed by atoms with Crippen LogP contribution in [0.15, 0.2) is 18.2 Å². The van der Waals surface area contributed by atoms with Gasteiger partial charge in [-0.2, -0.15) is 0 Å². The van der Waals surface area contributed by atoms with E-state index in [1.807, 2.05) is 12.1 Å². The van der Waals surface area contributed by atoms with E-state index in [0.717, 1.165) is 17.4 Å². The monoisotopic (exact) mass is 271 g/mol. The molecule has 94 valence electrons. The molecule has 1 aliphatic carbocycles. The van der Waals surface area contributed by atoms with Crippen molar-refractivity contribution in [1.29, 1.82) is 0 Å². The van der Waals surface area contributed by atoms with Crippen molar-refractivity contribution in [2.75, 3.05) is 7.05 Å². The highest BCUT2D eigenvalue weighted by Crippen LogP contribution is 2.35. The lowest BCUT2D eigenvalue weighted by Crippen LogP contribution is -2.29. The summed E-state index contributed by atoms with van der Waals surface area (Å²) in [4.78, 5) is 0. The van der Waals surface area contributed by atoms with Gasteiger partial charge in [0.25, 0.3) is 0 Å². The second kappa shape index (κ2) is 5.60. The van der Waals surface area contributed by atoms with E-state index in [1.165, 1.54) is 18.4 Å². The normalized spacial score (nSPS) is 28.6. The zero-order valence-corrected chi connectivity index (χ0v) is 11.9. The molecule has 3 atom stereocenters. The maximum atomic E-state index is 6.23. The molecule has 0 saturated heterocycles. The number of benzene rings is 1. The van der Waals surface area contributed by atoms with Crippen molar-refractivity contribution >= 4 is 23.2 Å². The lowest BCUT2D eigenvalue weighted by atomic mass is 9.89. The van der Waals surface area contributed by atoms with Crippen molar-refractivity contribution in [2.24, 2.45) is 11.8 Å². The molecule has 2 rings (SSSR count). The highest BCUT2D eigenvalue weighted by atomic mass is 35.5. The minimum atomic E-state index is 0.658. The molecule has 1 saturated carbocycles. The van der Waals surface area contributed by atoms with E-state index in [9.17, 15) is 0 Å². The fourth-order valence-electron chi connectivity index (χ4n) is 2.91. The van der Waals surface area contributed by atoms with Gasteiger partial charge in [0, 0.05) is 16.1 Å². The number of rotatable bonds is 3. The SMILES string of the molecule is CNC1CCC(Cc2ccc(Cl)cc2Cl)C1C. The largest absolute Gasteiger partial charge is 0.317 e. The predicted molar refractivity (Wildman–Crippen MR) is 74.9 cm³/mol. The van der Waals surface area contributed by atoms with Crippen LogP contribution in [0, 0.1) is 11.8 Å². The van der Waals surface area contributed by atoms with Crippen LogP contribution >= 0.6 is 23.2 Å². The van der Waals surface area contributed by atoms with E-state index in [0.29, 0.717) is 17.0 Å². The maximum absolute atomic E-state index is 6.23. The van der Waals surface area contributed by atoms with Gasteiger partial charge in [0.15, 0.2) is 0 Å². The zero-order chi connectivity index (χ0) is 12.4. The van der Waals surface area contributed by atoms with Gasteiger partial charge in [-0.05, 0) is 55.8 Å². The van der Waals surface area contributed by atoms with Crippen molar-refractivity contribution in [3.63, 3.8) is 0 Å². The van der Waals surface area contributed by atoms with Crippen molar-refractivity contribution < 1.29 is 0 Å². The van der Waals surface area contributed by atoms with E-state index >= 15 is 0 Å². The third-order valence-electron chi connectivity index (χ3n) is 4.09. The fourth-order valence-corrected chi connectivity index (χ4v) is 3.40. The van der Waals surface area contributed by atoms with Crippen molar-refractivity contribution in [2.45, 2.75) is 32.2 Å². The molecular formula is C14H19Cl2N. The Morgan fingerprint density at radius 2 is 2.06 bits per heavy atom. The molecule has 0 spiro atoms. The maximum Gasteiger partial charge on any atom is 0.0452 e. The van der Waals surface area contributed by atoms with Gasteiger partial charge in [-0.15, -0.1) is 0 Å². The first-order chi connectivity index (χ1) is 8.11. The van der Waals surface area contributed by atoms with Gasteiger partial charge in [-0.3, -0.25) is 0 Å². The fraction of sp³-hybridized carbons (Fsp3) is 0.571. The summed E-state index contributed by atoms with van der Waals surface area (Å²) < 4.78 is 0. The molecule has 3 unspecified atom stereocenters. The standard InChI is InChI=1S/C14H19Cl2N/c1-9-10(4-6-14(9)17-2)7-11-3-5-12(15)8-13(11)16/h3,5,8-10,14,17H,4,6-7H2,1-2H3. The summed E-state index contributed by atoms with van der Waals surface area (Å²) in [5.74, 6) is 1.44. The van der Waals surface area contributed by atoms with E-state index in [-0.39, 0.29) is 0 Å². The molecule has 1 aliphatic rings. The summed E-state index contributed by atoms with van der Waals surface area (Å²) >= 11 is 12.1. The summed E-state index contributed by atoms with van der Waals surface area (Å²) in [6.45, 7) is 2.34. The Morgan fingerprint density at radius 1 is 1.29 bits per heavy atom. The number of hydrogen-bond donors (Lipinski definition) is 1. The molecule has 0 aliphatic heterocycles. The summed E-state index contributed by atoms with van der Waals surface area (Å²) in [5.41, 5.74) is 1.23. The van der Waals surface area contributed by atoms with Crippen LogP contribution in [0.1, 0.15) is 25.3 Å². The minimum absolute atomic E-state index is 0.658. The van der Waals surface area contributed by atoms with Crippen LogP contribution in [0.5, 0.6) is 0 Å². The molecular weight excluding hydrogens is 253 g/mol. The van der Waals surface area contributed by atoms with Gasteiger partial charge in [0.05, 0.1) is 0 Å². The molecule has 3 heteroatoms. The Hall–Kier alpha value is -0.240. The molecule has 1 nitrogen and oxygen atoms in total. The van der Waals surface area contributed by atoms with Crippen LogP contribution in [0.25, 0.3) is 0 Å². The molecule has 1 aromatic rings. The number of nitrogens with one attached hydrogen (secondary N) is 1. The Kier molecular flexibility index (Phi) is 4.35. The summed E-state index contributed by atoms with van der Waals surface area (Å²) in [7, 11) is 2.05. The lowest BCUT2D eigenvalue weighted by molar-refractivity contribution is 0.364. The van der Waals surface area contributed by atoms with Crippen LogP contribution in [-0.2, 0) is 6.42 Å². The van der Waals surface area contributed by atoms with Crippen LogP contribution in [0.4, 0.5) is 0 Å². The third-order valence-corrected chi connectivity index (χ3v) is 4.68. The van der Waals surface area contributed by atoms with Gasteiger partial charge in [-0.25, -0.2) is 0 Å². The highest BCUT2D eigenvalue weighted by Gasteiger charge is 2.31. The van der Waals surface area contributed by atoms with Crippen LogP contribution in [0.2, 0.25) is 10.0 Å². The minimum Gasteiger partial charge on any atom is -0.317 e. The Balaban J connectivity index is 2.06. The van der Waals surface area contributed by atoms with Crippen LogP contribution in [-0.4, -0.2) is 13.1 Å². The molecule has 17 heavy (non-hydrogen) atoms. The van der Waals surface area contributed by atoms with Crippen molar-refractivity contribution in [3.8, 4) is 0 Å². The van der Waals surface area contributed by atoms with Gasteiger partial charge in [0.2, 0.25) is 0 Å². The van der Waals surface area contributed by atoms with Crippen LogP contribution < -0.4 is 5.32 Å². The third kappa shape index (κ3) is 2.96. The first-order valence-corrected chi connectivity index (χ1v) is 6.98. The van der Waals surface area contributed by atoms with Crippen LogP contribution in [0.3, 0.4) is 0 Å². The molecule has 1 aromatic carbocycles. The molecule has 1 fully saturated rings. The summed E-state index contributed by atoms with van der Waals surface area (Å²) in [6, 6.07) is 6.49. The first-order valence-electron chi connectivity index (χ1n) is 6.23. The quantitative estimate of drug-likeness (QED) is 0.870. The molecule has 0 bridgehead atoms. The van der Waals surface area contributed by atoms with E-state index in [4.69, 9.17) is 23.2 Å². The first kappa shape index (κ1) is 13.2. The van der Waals surface area contributed by atoms with E-state index in [2.05, 4.69) is 25.4 Å². The highest BCUT2D eigenvalue weighted by molar-refractivity contribution is 6.35. The summed E-state index contributed by atoms with van der Waals surface area (Å²) in [5, 5.41) is 4.92. The molecule has 0 amide bonds.